The first kappa shape index (κ1) is 9.07. The van der Waals surface area contributed by atoms with Crippen molar-refractivity contribution in [2.24, 2.45) is 5.73 Å². The van der Waals surface area contributed by atoms with E-state index in [4.69, 9.17) is 10.8 Å². The summed E-state index contributed by atoms with van der Waals surface area (Å²) in [5.74, 6) is 0. The van der Waals surface area contributed by atoms with E-state index in [1.807, 2.05) is 12.1 Å². The Bertz CT molecular complexity index is 153. The number of hydrogen-bond donors (Lipinski definition) is 2. The molecule has 0 radical (unpaired) electrons. The Labute approximate surface area is 60.5 Å². The minimum Gasteiger partial charge on any atom is -0.400 e. The second-order valence-electron chi connectivity index (χ2n) is 1.56. The van der Waals surface area contributed by atoms with Gasteiger partial charge in [0.05, 0.1) is 0 Å². The fraction of sp³-hybridized carbons (Fsp3) is 0.286. The van der Waals surface area contributed by atoms with Gasteiger partial charge in [0, 0.05) is 26.0 Å². The van der Waals surface area contributed by atoms with Crippen LogP contribution < -0.4 is 5.73 Å². The molecule has 0 atom stereocenters. The average Bonchev–Trinajstić information content (AvgIpc) is 2.10. The third-order valence-electron chi connectivity index (χ3n) is 0.985. The highest BCUT2D eigenvalue weighted by molar-refractivity contribution is 5.08. The average molecular weight is 140 g/mol. The van der Waals surface area contributed by atoms with Crippen molar-refractivity contribution in [1.29, 1.82) is 0 Å². The summed E-state index contributed by atoms with van der Waals surface area (Å²) in [6.07, 6.45) is 3.48. The summed E-state index contributed by atoms with van der Waals surface area (Å²) in [6, 6.07) is 3.81. The van der Waals surface area contributed by atoms with Gasteiger partial charge >= 0.3 is 0 Å². The molecule has 0 amide bonds. The van der Waals surface area contributed by atoms with E-state index < -0.39 is 0 Å². The number of aliphatic hydroxyl groups is 1. The van der Waals surface area contributed by atoms with E-state index in [0.29, 0.717) is 6.54 Å². The molecular weight excluding hydrogens is 128 g/mol. The van der Waals surface area contributed by atoms with Crippen LogP contribution in [0.5, 0.6) is 0 Å². The summed E-state index contributed by atoms with van der Waals surface area (Å²) in [7, 11) is 1.00. The Morgan fingerprint density at radius 2 is 1.90 bits per heavy atom. The second-order valence-corrected chi connectivity index (χ2v) is 1.56. The number of aliphatic hydroxyl groups excluding tert-OH is 1. The van der Waals surface area contributed by atoms with E-state index in [1.165, 1.54) is 0 Å². The Balaban J connectivity index is 0.000000371. The van der Waals surface area contributed by atoms with Gasteiger partial charge in [0.15, 0.2) is 0 Å². The van der Waals surface area contributed by atoms with Crippen molar-refractivity contribution in [3.8, 4) is 0 Å². The van der Waals surface area contributed by atoms with Crippen LogP contribution in [0.25, 0.3) is 0 Å². The SMILES string of the molecule is CO.NCc1ccncc1. The summed E-state index contributed by atoms with van der Waals surface area (Å²) in [5.41, 5.74) is 6.45. The Hall–Kier alpha value is -0.930. The lowest BCUT2D eigenvalue weighted by Crippen LogP contribution is -1.94. The number of pyridine rings is 1. The third kappa shape index (κ3) is 3.17. The quantitative estimate of drug-likeness (QED) is 0.583. The van der Waals surface area contributed by atoms with E-state index in [9.17, 15) is 0 Å². The van der Waals surface area contributed by atoms with Gasteiger partial charge in [0.2, 0.25) is 0 Å². The topological polar surface area (TPSA) is 59.1 Å². The highest BCUT2D eigenvalue weighted by atomic mass is 16.2. The van der Waals surface area contributed by atoms with Crippen LogP contribution >= 0.6 is 0 Å². The third-order valence-corrected chi connectivity index (χ3v) is 0.985. The van der Waals surface area contributed by atoms with Crippen molar-refractivity contribution in [2.75, 3.05) is 7.11 Å². The molecule has 10 heavy (non-hydrogen) atoms. The molecule has 0 aliphatic heterocycles. The van der Waals surface area contributed by atoms with Crippen molar-refractivity contribution >= 4 is 0 Å². The minimum atomic E-state index is 0.600. The summed E-state index contributed by atoms with van der Waals surface area (Å²) in [6.45, 7) is 0.600. The summed E-state index contributed by atoms with van der Waals surface area (Å²) in [5, 5.41) is 7.00. The number of nitrogens with zero attached hydrogens (tertiary/aromatic N) is 1. The number of nitrogens with two attached hydrogens (primary N) is 1. The van der Waals surface area contributed by atoms with Gasteiger partial charge in [0.25, 0.3) is 0 Å². The largest absolute Gasteiger partial charge is 0.400 e. The predicted molar refractivity (Wildman–Crippen MR) is 40.3 cm³/mol. The van der Waals surface area contributed by atoms with Crippen LogP contribution in [-0.2, 0) is 6.54 Å². The van der Waals surface area contributed by atoms with Crippen LogP contribution in [0.3, 0.4) is 0 Å². The zero-order valence-electron chi connectivity index (χ0n) is 5.99. The molecule has 0 fully saturated rings. The molecule has 1 rings (SSSR count). The fourth-order valence-corrected chi connectivity index (χ4v) is 0.519. The molecule has 3 N–H and O–H groups in total. The first-order valence-corrected chi connectivity index (χ1v) is 2.97. The van der Waals surface area contributed by atoms with Crippen molar-refractivity contribution in [1.82, 2.24) is 4.98 Å². The first-order valence-electron chi connectivity index (χ1n) is 2.97. The van der Waals surface area contributed by atoms with Crippen molar-refractivity contribution in [2.45, 2.75) is 6.54 Å². The van der Waals surface area contributed by atoms with E-state index in [-0.39, 0.29) is 0 Å². The molecule has 0 aliphatic rings. The van der Waals surface area contributed by atoms with E-state index in [0.717, 1.165) is 12.7 Å². The number of rotatable bonds is 1. The molecule has 0 saturated heterocycles. The van der Waals surface area contributed by atoms with Gasteiger partial charge in [-0.25, -0.2) is 0 Å². The molecule has 0 saturated carbocycles. The lowest BCUT2D eigenvalue weighted by molar-refractivity contribution is 0.399. The van der Waals surface area contributed by atoms with E-state index in [2.05, 4.69) is 4.98 Å². The molecule has 0 bridgehead atoms. The maximum absolute atomic E-state index is 7.00. The summed E-state index contributed by atoms with van der Waals surface area (Å²) >= 11 is 0. The Morgan fingerprint density at radius 3 is 2.20 bits per heavy atom. The number of aromatic nitrogens is 1. The van der Waals surface area contributed by atoms with Gasteiger partial charge in [-0.2, -0.15) is 0 Å². The standard InChI is InChI=1S/C6H8N2.CH4O/c7-5-6-1-3-8-4-2-6;1-2/h1-4H,5,7H2;2H,1H3. The molecule has 1 aromatic rings. The maximum atomic E-state index is 7.00. The lowest BCUT2D eigenvalue weighted by Gasteiger charge is -1.89. The zero-order chi connectivity index (χ0) is 7.82. The van der Waals surface area contributed by atoms with Gasteiger partial charge < -0.3 is 10.8 Å². The van der Waals surface area contributed by atoms with Gasteiger partial charge in [-0.15, -0.1) is 0 Å². The van der Waals surface area contributed by atoms with Crippen molar-refractivity contribution in [3.05, 3.63) is 30.1 Å². The molecular formula is C7H12N2O. The van der Waals surface area contributed by atoms with Crippen LogP contribution in [0.1, 0.15) is 5.56 Å². The van der Waals surface area contributed by atoms with Crippen molar-refractivity contribution in [3.63, 3.8) is 0 Å². The van der Waals surface area contributed by atoms with Crippen molar-refractivity contribution < 1.29 is 5.11 Å². The predicted octanol–water partition coefficient (Wildman–Crippen LogP) is 0.149. The molecule has 3 heteroatoms. The molecule has 1 heterocycles. The van der Waals surface area contributed by atoms with Crippen LogP contribution in [0, 0.1) is 0 Å². The van der Waals surface area contributed by atoms with Crippen LogP contribution in [0.2, 0.25) is 0 Å². The minimum absolute atomic E-state index is 0.600. The monoisotopic (exact) mass is 140 g/mol. The van der Waals surface area contributed by atoms with Gasteiger partial charge in [-0.3, -0.25) is 4.98 Å². The maximum Gasteiger partial charge on any atom is 0.0319 e. The van der Waals surface area contributed by atoms with Gasteiger partial charge in [0.1, 0.15) is 0 Å². The molecule has 0 aromatic carbocycles. The first-order chi connectivity index (χ1) is 4.93. The molecule has 0 spiro atoms. The van der Waals surface area contributed by atoms with Gasteiger partial charge in [-0.05, 0) is 17.7 Å². The molecule has 0 aliphatic carbocycles. The summed E-state index contributed by atoms with van der Waals surface area (Å²) in [4.78, 5) is 3.84. The smallest absolute Gasteiger partial charge is 0.0319 e. The molecule has 3 nitrogen and oxygen atoms in total. The highest BCUT2D eigenvalue weighted by Gasteiger charge is 1.80. The van der Waals surface area contributed by atoms with Crippen LogP contribution in [0.15, 0.2) is 24.5 Å². The highest BCUT2D eigenvalue weighted by Crippen LogP contribution is 1.91. The molecule has 1 aromatic heterocycles. The van der Waals surface area contributed by atoms with Gasteiger partial charge in [-0.1, -0.05) is 0 Å². The van der Waals surface area contributed by atoms with E-state index in [1.54, 1.807) is 12.4 Å². The summed E-state index contributed by atoms with van der Waals surface area (Å²) < 4.78 is 0. The normalized spacial score (nSPS) is 7.90. The second kappa shape index (κ2) is 6.19. The Morgan fingerprint density at radius 1 is 1.40 bits per heavy atom. The fourth-order valence-electron chi connectivity index (χ4n) is 0.519. The zero-order valence-corrected chi connectivity index (χ0v) is 5.99. The molecule has 56 valence electrons. The van der Waals surface area contributed by atoms with Crippen LogP contribution in [0.4, 0.5) is 0 Å². The lowest BCUT2D eigenvalue weighted by atomic mass is 10.3. The number of hydrogen-bond acceptors (Lipinski definition) is 3. The Kier molecular flexibility index (Phi) is 5.62. The van der Waals surface area contributed by atoms with E-state index >= 15 is 0 Å². The molecule has 0 unspecified atom stereocenters. The van der Waals surface area contributed by atoms with Crippen LogP contribution in [-0.4, -0.2) is 17.2 Å².